The molecule has 2 rings (SSSR count). The predicted molar refractivity (Wildman–Crippen MR) is 84.6 cm³/mol. The van der Waals surface area contributed by atoms with Crippen molar-refractivity contribution in [2.45, 2.75) is 0 Å². The number of amidine groups is 1. The van der Waals surface area contributed by atoms with Crippen LogP contribution >= 0.6 is 23.7 Å². The number of benzene rings is 1. The monoisotopic (exact) mass is 314 g/mol. The van der Waals surface area contributed by atoms with Crippen molar-refractivity contribution in [3.8, 4) is 11.5 Å². The van der Waals surface area contributed by atoms with Gasteiger partial charge >= 0.3 is 0 Å². The Morgan fingerprint density at radius 3 is 2.50 bits per heavy atom. The number of oxime groups is 1. The molecule has 108 valence electrons. The van der Waals surface area contributed by atoms with Gasteiger partial charge in [0.1, 0.15) is 0 Å². The first-order chi connectivity index (χ1) is 9.17. The lowest BCUT2D eigenvalue weighted by Crippen LogP contribution is -2.06. The van der Waals surface area contributed by atoms with Crippen LogP contribution in [0, 0.1) is 0 Å². The first-order valence-electron chi connectivity index (χ1n) is 5.49. The molecule has 0 spiro atoms. The molecular formula is C13H15ClN2O3S. The summed E-state index contributed by atoms with van der Waals surface area (Å²) in [5.41, 5.74) is 5.38. The zero-order valence-electron chi connectivity index (χ0n) is 11.0. The van der Waals surface area contributed by atoms with E-state index in [4.69, 9.17) is 20.4 Å². The van der Waals surface area contributed by atoms with E-state index in [-0.39, 0.29) is 18.2 Å². The molecule has 0 unspecified atom stereocenters. The number of hydrogen-bond acceptors (Lipinski definition) is 5. The van der Waals surface area contributed by atoms with Crippen molar-refractivity contribution in [1.29, 1.82) is 0 Å². The van der Waals surface area contributed by atoms with Gasteiger partial charge in [0.2, 0.25) is 0 Å². The van der Waals surface area contributed by atoms with Crippen LogP contribution in [0.4, 0.5) is 0 Å². The van der Waals surface area contributed by atoms with Crippen molar-refractivity contribution >= 4 is 45.7 Å². The Labute approximate surface area is 126 Å². The molecule has 0 atom stereocenters. The predicted octanol–water partition coefficient (Wildman–Crippen LogP) is 3.10. The number of nitrogens with two attached hydrogens (primary N) is 1. The van der Waals surface area contributed by atoms with E-state index in [2.05, 4.69) is 5.16 Å². The number of hydrogen-bond donors (Lipinski definition) is 2. The lowest BCUT2D eigenvalue weighted by Gasteiger charge is -2.06. The van der Waals surface area contributed by atoms with E-state index >= 15 is 0 Å². The van der Waals surface area contributed by atoms with Crippen LogP contribution in [0.3, 0.4) is 0 Å². The molecule has 0 amide bonds. The fourth-order valence-corrected chi connectivity index (χ4v) is 2.65. The molecule has 0 fully saturated rings. The van der Waals surface area contributed by atoms with Crippen LogP contribution in [0.5, 0.6) is 11.5 Å². The molecule has 20 heavy (non-hydrogen) atoms. The minimum atomic E-state index is 0. The van der Waals surface area contributed by atoms with Gasteiger partial charge in [-0.15, -0.1) is 23.7 Å². The summed E-state index contributed by atoms with van der Waals surface area (Å²) in [5, 5.41) is 12.4. The maximum Gasteiger partial charge on any atom is 0.162 e. The molecule has 0 aliphatic rings. The summed E-state index contributed by atoms with van der Waals surface area (Å²) in [6, 6.07) is 5.86. The van der Waals surface area contributed by atoms with Crippen molar-refractivity contribution < 1.29 is 14.7 Å². The van der Waals surface area contributed by atoms with Crippen molar-refractivity contribution in [2.75, 3.05) is 14.2 Å². The maximum atomic E-state index is 8.47. The highest BCUT2D eigenvalue weighted by Gasteiger charge is 2.08. The number of rotatable bonds is 4. The van der Waals surface area contributed by atoms with Crippen LogP contribution in [-0.4, -0.2) is 25.3 Å². The summed E-state index contributed by atoms with van der Waals surface area (Å²) in [6.45, 7) is 0. The molecule has 0 radical (unpaired) electrons. The molecule has 0 saturated carbocycles. The summed E-state index contributed by atoms with van der Waals surface area (Å²) < 4.78 is 11.6. The van der Waals surface area contributed by atoms with Crippen LogP contribution in [0.15, 0.2) is 29.4 Å². The average molecular weight is 315 g/mol. The summed E-state index contributed by atoms with van der Waals surface area (Å²) in [7, 11) is 3.21. The molecule has 1 heterocycles. The smallest absolute Gasteiger partial charge is 0.162 e. The van der Waals surface area contributed by atoms with Gasteiger partial charge in [-0.05, 0) is 29.7 Å². The van der Waals surface area contributed by atoms with Gasteiger partial charge < -0.3 is 20.4 Å². The van der Waals surface area contributed by atoms with Crippen molar-refractivity contribution in [2.24, 2.45) is 10.9 Å². The van der Waals surface area contributed by atoms with Crippen molar-refractivity contribution in [1.82, 2.24) is 0 Å². The Morgan fingerprint density at radius 1 is 1.25 bits per heavy atom. The van der Waals surface area contributed by atoms with Gasteiger partial charge in [-0.2, -0.15) is 0 Å². The summed E-state index contributed by atoms with van der Waals surface area (Å²) in [5.74, 6) is 1.45. The second kappa shape index (κ2) is 7.02. The van der Waals surface area contributed by atoms with Gasteiger partial charge in [0.05, 0.1) is 14.2 Å². The highest BCUT2D eigenvalue weighted by atomic mass is 35.5. The second-order valence-corrected chi connectivity index (χ2v) is 4.87. The quantitative estimate of drug-likeness (QED) is 0.393. The Balaban J connectivity index is 0.00000200. The van der Waals surface area contributed by atoms with Crippen molar-refractivity contribution in [3.05, 3.63) is 29.2 Å². The third-order valence-corrected chi connectivity index (χ3v) is 3.64. The molecule has 0 saturated heterocycles. The highest BCUT2D eigenvalue weighted by molar-refractivity contribution is 7.19. The van der Waals surface area contributed by atoms with Crippen molar-refractivity contribution in [3.63, 3.8) is 0 Å². The molecule has 0 bridgehead atoms. The van der Waals surface area contributed by atoms with E-state index in [0.717, 1.165) is 15.0 Å². The van der Waals surface area contributed by atoms with Crippen LogP contribution in [-0.2, 0) is 0 Å². The molecule has 0 aliphatic heterocycles. The Hall–Kier alpha value is -1.92. The molecule has 2 aromatic rings. The number of nitrogens with zero attached hydrogens (tertiary/aromatic N) is 1. The van der Waals surface area contributed by atoms with E-state index in [1.54, 1.807) is 37.7 Å². The fraction of sp³-hybridized carbons (Fsp3) is 0.154. The third-order valence-electron chi connectivity index (χ3n) is 2.58. The van der Waals surface area contributed by atoms with Gasteiger partial charge in [0.25, 0.3) is 0 Å². The number of halogens is 1. The summed E-state index contributed by atoms with van der Waals surface area (Å²) in [6.07, 6.45) is 3.33. The SMILES string of the molecule is COc1cc2cc(C=C/C(N)=N/O)sc2cc1OC.Cl. The normalized spacial score (nSPS) is 11.6. The van der Waals surface area contributed by atoms with Crippen LogP contribution in [0.1, 0.15) is 4.88 Å². The Bertz CT molecular complexity index is 611. The Morgan fingerprint density at radius 2 is 1.90 bits per heavy atom. The van der Waals surface area contributed by atoms with Gasteiger partial charge in [-0.25, -0.2) is 0 Å². The zero-order chi connectivity index (χ0) is 13.8. The highest BCUT2D eigenvalue weighted by Crippen LogP contribution is 2.36. The first kappa shape index (κ1) is 16.1. The first-order valence-corrected chi connectivity index (χ1v) is 6.30. The molecule has 1 aromatic heterocycles. The van der Waals surface area contributed by atoms with Gasteiger partial charge in [0, 0.05) is 15.6 Å². The minimum absolute atomic E-state index is 0. The topological polar surface area (TPSA) is 77.1 Å². The largest absolute Gasteiger partial charge is 0.493 e. The Kier molecular flexibility index (Phi) is 5.66. The lowest BCUT2D eigenvalue weighted by molar-refractivity contribution is 0.319. The molecule has 7 heteroatoms. The van der Waals surface area contributed by atoms with E-state index in [9.17, 15) is 0 Å². The second-order valence-electron chi connectivity index (χ2n) is 3.75. The summed E-state index contributed by atoms with van der Waals surface area (Å²) >= 11 is 1.58. The number of methoxy groups -OCH3 is 2. The maximum absolute atomic E-state index is 8.47. The zero-order valence-corrected chi connectivity index (χ0v) is 12.6. The van der Waals surface area contributed by atoms with Gasteiger partial charge in [0.15, 0.2) is 17.3 Å². The molecule has 5 nitrogen and oxygen atoms in total. The van der Waals surface area contributed by atoms with Gasteiger partial charge in [-0.1, -0.05) is 5.16 Å². The van der Waals surface area contributed by atoms with Crippen LogP contribution in [0.2, 0.25) is 0 Å². The number of fused-ring (bicyclic) bond motifs is 1. The number of thiophene rings is 1. The van der Waals surface area contributed by atoms with E-state index < -0.39 is 0 Å². The average Bonchev–Trinajstić information content (AvgIpc) is 2.84. The third kappa shape index (κ3) is 3.34. The molecular weight excluding hydrogens is 300 g/mol. The summed E-state index contributed by atoms with van der Waals surface area (Å²) in [4.78, 5) is 0.997. The lowest BCUT2D eigenvalue weighted by atomic mass is 10.2. The number of ether oxygens (including phenoxy) is 2. The minimum Gasteiger partial charge on any atom is -0.493 e. The molecule has 1 aromatic carbocycles. The molecule has 3 N–H and O–H groups in total. The fourth-order valence-electron chi connectivity index (χ4n) is 1.67. The van der Waals surface area contributed by atoms with Crippen LogP contribution in [0.25, 0.3) is 16.2 Å². The van der Waals surface area contributed by atoms with E-state index in [0.29, 0.717) is 11.5 Å². The molecule has 0 aliphatic carbocycles. The standard InChI is InChI=1S/C13H14N2O3S.ClH/c1-17-10-6-8-5-9(3-4-13(14)15-16)19-12(8)7-11(10)18-2;/h3-7,16H,1-2H3,(H2,14,15);1H. The van der Waals surface area contributed by atoms with Gasteiger partial charge in [-0.3, -0.25) is 0 Å². The van der Waals surface area contributed by atoms with E-state index in [1.807, 2.05) is 18.2 Å². The van der Waals surface area contributed by atoms with E-state index in [1.165, 1.54) is 0 Å². The van der Waals surface area contributed by atoms with Crippen LogP contribution < -0.4 is 15.2 Å².